The van der Waals surface area contributed by atoms with Crippen LogP contribution in [0.4, 0.5) is 5.95 Å². The molecular weight excluding hydrogens is 228 g/mol. The highest BCUT2D eigenvalue weighted by atomic mass is 15.6. The largest absolute Gasteiger partial charge is 0.353 e. The van der Waals surface area contributed by atoms with Gasteiger partial charge in [-0.1, -0.05) is 23.3 Å². The highest BCUT2D eigenvalue weighted by Crippen LogP contribution is 2.10. The van der Waals surface area contributed by atoms with Gasteiger partial charge in [-0.2, -0.15) is 4.68 Å². The van der Waals surface area contributed by atoms with Gasteiger partial charge in [-0.3, -0.25) is 0 Å². The van der Waals surface area contributed by atoms with Crippen molar-refractivity contribution in [2.75, 3.05) is 11.9 Å². The molecule has 0 saturated heterocycles. The summed E-state index contributed by atoms with van der Waals surface area (Å²) >= 11 is 0. The molecule has 18 heavy (non-hydrogen) atoms. The van der Waals surface area contributed by atoms with Crippen LogP contribution >= 0.6 is 0 Å². The minimum Gasteiger partial charge on any atom is -0.353 e. The van der Waals surface area contributed by atoms with Crippen LogP contribution in [0.5, 0.6) is 0 Å². The first-order valence-electron chi connectivity index (χ1n) is 6.10. The predicted octanol–water partition coefficient (Wildman–Crippen LogP) is 1.20. The number of hydrogen-bond donors (Lipinski definition) is 2. The second kappa shape index (κ2) is 6.11. The van der Waals surface area contributed by atoms with Crippen molar-refractivity contribution in [3.05, 3.63) is 30.3 Å². The van der Waals surface area contributed by atoms with Crippen LogP contribution in [0.2, 0.25) is 0 Å². The molecule has 0 aliphatic rings. The van der Waals surface area contributed by atoms with Gasteiger partial charge in [-0.05, 0) is 42.3 Å². The number of nitrogens with one attached hydrogen (secondary N) is 1. The zero-order valence-corrected chi connectivity index (χ0v) is 10.5. The van der Waals surface area contributed by atoms with Crippen LogP contribution in [-0.2, 0) is 0 Å². The molecule has 0 spiro atoms. The molecule has 0 aliphatic carbocycles. The maximum atomic E-state index is 5.70. The lowest BCUT2D eigenvalue weighted by molar-refractivity contribution is 0.637. The van der Waals surface area contributed by atoms with Gasteiger partial charge in [0, 0.05) is 12.6 Å². The SMILES string of the molecule is CC(N)CCCNc1nnnn1-c1ccccc1. The Morgan fingerprint density at radius 3 is 2.83 bits per heavy atom. The van der Waals surface area contributed by atoms with Gasteiger partial charge in [-0.25, -0.2) is 0 Å². The van der Waals surface area contributed by atoms with Crippen LogP contribution in [0.1, 0.15) is 19.8 Å². The lowest BCUT2D eigenvalue weighted by Crippen LogP contribution is -2.17. The van der Waals surface area contributed by atoms with Crippen LogP contribution in [-0.4, -0.2) is 32.8 Å². The third kappa shape index (κ3) is 3.27. The Morgan fingerprint density at radius 1 is 1.33 bits per heavy atom. The highest BCUT2D eigenvalue weighted by Gasteiger charge is 2.06. The van der Waals surface area contributed by atoms with Crippen molar-refractivity contribution >= 4 is 5.95 Å². The molecule has 0 bridgehead atoms. The van der Waals surface area contributed by atoms with E-state index in [1.165, 1.54) is 0 Å². The van der Waals surface area contributed by atoms with E-state index in [-0.39, 0.29) is 6.04 Å². The van der Waals surface area contributed by atoms with E-state index in [0.29, 0.717) is 5.95 Å². The second-order valence-electron chi connectivity index (χ2n) is 4.30. The van der Waals surface area contributed by atoms with E-state index in [9.17, 15) is 0 Å². The Bertz CT molecular complexity index is 464. The van der Waals surface area contributed by atoms with Crippen molar-refractivity contribution in [3.8, 4) is 5.69 Å². The minimum atomic E-state index is 0.233. The molecule has 96 valence electrons. The molecule has 1 aromatic carbocycles. The van der Waals surface area contributed by atoms with Crippen LogP contribution in [0.15, 0.2) is 30.3 Å². The summed E-state index contributed by atoms with van der Waals surface area (Å²) in [7, 11) is 0. The molecule has 1 aromatic heterocycles. The lowest BCUT2D eigenvalue weighted by Gasteiger charge is -2.07. The van der Waals surface area contributed by atoms with Crippen molar-refractivity contribution in [1.29, 1.82) is 0 Å². The third-order valence-electron chi connectivity index (χ3n) is 2.59. The van der Waals surface area contributed by atoms with Crippen molar-refractivity contribution in [2.24, 2.45) is 5.73 Å². The lowest BCUT2D eigenvalue weighted by atomic mass is 10.2. The fraction of sp³-hybridized carbons (Fsp3) is 0.417. The van der Waals surface area contributed by atoms with E-state index in [0.717, 1.165) is 25.1 Å². The summed E-state index contributed by atoms with van der Waals surface area (Å²) in [6, 6.07) is 10.0. The fourth-order valence-corrected chi connectivity index (χ4v) is 1.66. The molecule has 6 nitrogen and oxygen atoms in total. The van der Waals surface area contributed by atoms with Gasteiger partial charge in [0.1, 0.15) is 0 Å². The third-order valence-corrected chi connectivity index (χ3v) is 2.59. The molecule has 2 aromatic rings. The quantitative estimate of drug-likeness (QED) is 0.748. The van der Waals surface area contributed by atoms with Crippen molar-refractivity contribution in [2.45, 2.75) is 25.8 Å². The number of aromatic nitrogens is 4. The molecule has 1 unspecified atom stereocenters. The number of tetrazole rings is 1. The first-order chi connectivity index (χ1) is 8.77. The molecule has 0 aliphatic heterocycles. The van der Waals surface area contributed by atoms with Gasteiger partial charge < -0.3 is 11.1 Å². The van der Waals surface area contributed by atoms with E-state index < -0.39 is 0 Å². The number of anilines is 1. The van der Waals surface area contributed by atoms with E-state index in [2.05, 4.69) is 20.8 Å². The van der Waals surface area contributed by atoms with Gasteiger partial charge in [0.25, 0.3) is 0 Å². The molecule has 1 heterocycles. The van der Waals surface area contributed by atoms with Gasteiger partial charge in [-0.15, -0.1) is 0 Å². The summed E-state index contributed by atoms with van der Waals surface area (Å²) < 4.78 is 1.69. The zero-order chi connectivity index (χ0) is 12.8. The Morgan fingerprint density at radius 2 is 2.11 bits per heavy atom. The van der Waals surface area contributed by atoms with Gasteiger partial charge in [0.05, 0.1) is 5.69 Å². The monoisotopic (exact) mass is 246 g/mol. The first kappa shape index (κ1) is 12.5. The van der Waals surface area contributed by atoms with Crippen LogP contribution < -0.4 is 11.1 Å². The van der Waals surface area contributed by atoms with E-state index in [1.807, 2.05) is 37.3 Å². The Labute approximate surface area is 106 Å². The average Bonchev–Trinajstić information content (AvgIpc) is 2.84. The van der Waals surface area contributed by atoms with Gasteiger partial charge in [0.15, 0.2) is 0 Å². The maximum Gasteiger partial charge on any atom is 0.247 e. The van der Waals surface area contributed by atoms with Crippen LogP contribution in [0.25, 0.3) is 5.69 Å². The number of rotatable bonds is 6. The summed E-state index contributed by atoms with van der Waals surface area (Å²) in [5.74, 6) is 0.658. The van der Waals surface area contributed by atoms with Gasteiger partial charge >= 0.3 is 0 Å². The topological polar surface area (TPSA) is 81.7 Å². The summed E-state index contributed by atoms with van der Waals surface area (Å²) in [5, 5.41) is 14.8. The molecular formula is C12H18N6. The van der Waals surface area contributed by atoms with Crippen LogP contribution in [0, 0.1) is 0 Å². The van der Waals surface area contributed by atoms with Crippen LogP contribution in [0.3, 0.4) is 0 Å². The summed E-state index contributed by atoms with van der Waals surface area (Å²) in [6.45, 7) is 2.82. The Hall–Kier alpha value is -1.95. The number of benzene rings is 1. The normalized spacial score (nSPS) is 12.3. The molecule has 0 fully saturated rings. The molecule has 2 rings (SSSR count). The summed E-state index contributed by atoms with van der Waals surface area (Å²) in [6.07, 6.45) is 1.99. The van der Waals surface area contributed by atoms with Crippen molar-refractivity contribution < 1.29 is 0 Å². The van der Waals surface area contributed by atoms with Gasteiger partial charge in [0.2, 0.25) is 5.95 Å². The number of nitrogens with two attached hydrogens (primary N) is 1. The minimum absolute atomic E-state index is 0.233. The Kier molecular flexibility index (Phi) is 4.25. The van der Waals surface area contributed by atoms with E-state index in [1.54, 1.807) is 4.68 Å². The van der Waals surface area contributed by atoms with E-state index in [4.69, 9.17) is 5.73 Å². The second-order valence-corrected chi connectivity index (χ2v) is 4.30. The first-order valence-corrected chi connectivity index (χ1v) is 6.10. The molecule has 0 saturated carbocycles. The molecule has 1 atom stereocenters. The van der Waals surface area contributed by atoms with E-state index >= 15 is 0 Å². The molecule has 6 heteroatoms. The summed E-state index contributed by atoms with van der Waals surface area (Å²) in [5.41, 5.74) is 6.64. The number of para-hydroxylation sites is 1. The molecule has 3 N–H and O–H groups in total. The number of nitrogens with zero attached hydrogens (tertiary/aromatic N) is 4. The summed E-state index contributed by atoms with van der Waals surface area (Å²) in [4.78, 5) is 0. The maximum absolute atomic E-state index is 5.70. The number of hydrogen-bond acceptors (Lipinski definition) is 5. The molecule has 0 amide bonds. The van der Waals surface area contributed by atoms with Crippen molar-refractivity contribution in [3.63, 3.8) is 0 Å². The smallest absolute Gasteiger partial charge is 0.247 e. The average molecular weight is 246 g/mol. The fourth-order valence-electron chi connectivity index (χ4n) is 1.66. The zero-order valence-electron chi connectivity index (χ0n) is 10.5. The standard InChI is InChI=1S/C12H18N6/c1-10(13)6-5-9-14-12-15-16-17-18(12)11-7-3-2-4-8-11/h2-4,7-8,10H,5-6,9,13H2,1H3,(H,14,15,17). The molecule has 0 radical (unpaired) electrons. The van der Waals surface area contributed by atoms with Crippen molar-refractivity contribution in [1.82, 2.24) is 20.2 Å². The predicted molar refractivity (Wildman–Crippen MR) is 70.5 cm³/mol. The Balaban J connectivity index is 1.96. The highest BCUT2D eigenvalue weighted by molar-refractivity contribution is 5.38.